The third kappa shape index (κ3) is 2.73. The standard InChI is InChI=1S/C12H10N2O4/c15-11(13-7-10-4-5-14-18-10)8-2-1-3-9(6-8)12(16)17/h1-6H,7H2,(H,13,15)(H,16,17). The summed E-state index contributed by atoms with van der Waals surface area (Å²) in [5.41, 5.74) is 0.358. The molecule has 0 aliphatic rings. The van der Waals surface area contributed by atoms with Gasteiger partial charge in [-0.3, -0.25) is 4.79 Å². The van der Waals surface area contributed by atoms with E-state index in [4.69, 9.17) is 9.63 Å². The molecule has 6 nitrogen and oxygen atoms in total. The second-order valence-electron chi connectivity index (χ2n) is 3.55. The summed E-state index contributed by atoms with van der Waals surface area (Å²) >= 11 is 0. The van der Waals surface area contributed by atoms with E-state index in [0.717, 1.165) is 0 Å². The molecule has 1 aromatic carbocycles. The van der Waals surface area contributed by atoms with Gasteiger partial charge < -0.3 is 14.9 Å². The van der Waals surface area contributed by atoms with Crippen molar-refractivity contribution in [2.75, 3.05) is 0 Å². The number of rotatable bonds is 4. The molecule has 6 heteroatoms. The first-order valence-electron chi connectivity index (χ1n) is 5.18. The molecule has 2 N–H and O–H groups in total. The van der Waals surface area contributed by atoms with Crippen LogP contribution in [0.2, 0.25) is 0 Å². The number of amides is 1. The Kier molecular flexibility index (Phi) is 3.38. The van der Waals surface area contributed by atoms with Crippen molar-refractivity contribution in [1.82, 2.24) is 10.5 Å². The molecule has 1 heterocycles. The van der Waals surface area contributed by atoms with Crippen molar-refractivity contribution < 1.29 is 19.2 Å². The molecular weight excluding hydrogens is 236 g/mol. The Hall–Kier alpha value is -2.63. The van der Waals surface area contributed by atoms with E-state index >= 15 is 0 Å². The van der Waals surface area contributed by atoms with E-state index < -0.39 is 5.97 Å². The molecule has 0 aliphatic carbocycles. The number of nitrogens with one attached hydrogen (secondary N) is 1. The number of nitrogens with zero attached hydrogens (tertiary/aromatic N) is 1. The highest BCUT2D eigenvalue weighted by Crippen LogP contribution is 2.06. The largest absolute Gasteiger partial charge is 0.478 e. The number of aromatic nitrogens is 1. The van der Waals surface area contributed by atoms with Gasteiger partial charge in [-0.1, -0.05) is 11.2 Å². The maximum Gasteiger partial charge on any atom is 0.335 e. The van der Waals surface area contributed by atoms with Crippen LogP contribution >= 0.6 is 0 Å². The van der Waals surface area contributed by atoms with E-state index in [9.17, 15) is 9.59 Å². The summed E-state index contributed by atoms with van der Waals surface area (Å²) in [6.07, 6.45) is 1.48. The summed E-state index contributed by atoms with van der Waals surface area (Å²) in [5, 5.41) is 14.9. The van der Waals surface area contributed by atoms with E-state index in [1.165, 1.54) is 24.4 Å². The Balaban J connectivity index is 2.04. The van der Waals surface area contributed by atoms with Crippen LogP contribution in [-0.2, 0) is 6.54 Å². The lowest BCUT2D eigenvalue weighted by Gasteiger charge is -2.03. The number of carboxylic acid groups (broad SMARTS) is 1. The summed E-state index contributed by atoms with van der Waals surface area (Å²) in [5.74, 6) is -0.910. The van der Waals surface area contributed by atoms with Crippen LogP contribution in [0.25, 0.3) is 0 Å². The van der Waals surface area contributed by atoms with Crippen molar-refractivity contribution >= 4 is 11.9 Å². The van der Waals surface area contributed by atoms with Crippen LogP contribution in [-0.4, -0.2) is 22.1 Å². The van der Waals surface area contributed by atoms with E-state index in [2.05, 4.69) is 10.5 Å². The Bertz CT molecular complexity index is 563. The number of carbonyl (C=O) groups excluding carboxylic acids is 1. The van der Waals surface area contributed by atoms with Gasteiger partial charge in [0.05, 0.1) is 18.3 Å². The molecule has 18 heavy (non-hydrogen) atoms. The predicted octanol–water partition coefficient (Wildman–Crippen LogP) is 1.30. The fourth-order valence-electron chi connectivity index (χ4n) is 1.40. The van der Waals surface area contributed by atoms with Crippen molar-refractivity contribution in [2.45, 2.75) is 6.54 Å². The van der Waals surface area contributed by atoms with Crippen molar-refractivity contribution in [2.24, 2.45) is 0 Å². The fraction of sp³-hybridized carbons (Fsp3) is 0.0833. The van der Waals surface area contributed by atoms with E-state index in [0.29, 0.717) is 5.76 Å². The van der Waals surface area contributed by atoms with Gasteiger partial charge in [-0.2, -0.15) is 0 Å². The van der Waals surface area contributed by atoms with Gasteiger partial charge in [0, 0.05) is 11.6 Å². The smallest absolute Gasteiger partial charge is 0.335 e. The molecule has 92 valence electrons. The zero-order chi connectivity index (χ0) is 13.0. The average molecular weight is 246 g/mol. The lowest BCUT2D eigenvalue weighted by atomic mass is 10.1. The van der Waals surface area contributed by atoms with Crippen LogP contribution in [0.1, 0.15) is 26.5 Å². The molecule has 0 unspecified atom stereocenters. The highest BCUT2D eigenvalue weighted by atomic mass is 16.5. The zero-order valence-electron chi connectivity index (χ0n) is 9.29. The van der Waals surface area contributed by atoms with E-state index in [1.807, 2.05) is 0 Å². The molecule has 0 saturated heterocycles. The minimum Gasteiger partial charge on any atom is -0.478 e. The molecule has 0 aliphatic heterocycles. The van der Waals surface area contributed by atoms with Gasteiger partial charge in [0.25, 0.3) is 5.91 Å². The Morgan fingerprint density at radius 3 is 2.72 bits per heavy atom. The van der Waals surface area contributed by atoms with Crippen molar-refractivity contribution in [3.63, 3.8) is 0 Å². The first-order chi connectivity index (χ1) is 8.66. The molecule has 2 rings (SSSR count). The molecule has 0 radical (unpaired) electrons. The second-order valence-corrected chi connectivity index (χ2v) is 3.55. The summed E-state index contributed by atoms with van der Waals surface area (Å²) in [6.45, 7) is 0.204. The maximum absolute atomic E-state index is 11.7. The van der Waals surface area contributed by atoms with Gasteiger partial charge in [0.2, 0.25) is 0 Å². The molecule has 1 amide bonds. The quantitative estimate of drug-likeness (QED) is 0.848. The van der Waals surface area contributed by atoms with Gasteiger partial charge in [-0.15, -0.1) is 0 Å². The Morgan fingerprint density at radius 1 is 1.28 bits per heavy atom. The molecular formula is C12H10N2O4. The average Bonchev–Trinajstić information content (AvgIpc) is 2.89. The highest BCUT2D eigenvalue weighted by molar-refractivity contribution is 5.97. The van der Waals surface area contributed by atoms with Crippen molar-refractivity contribution in [3.05, 3.63) is 53.4 Å². The summed E-state index contributed by atoms with van der Waals surface area (Å²) in [7, 11) is 0. The third-order valence-electron chi connectivity index (χ3n) is 2.29. The lowest BCUT2D eigenvalue weighted by molar-refractivity contribution is 0.0697. The molecule has 0 atom stereocenters. The van der Waals surface area contributed by atoms with Gasteiger partial charge in [-0.05, 0) is 18.2 Å². The summed E-state index contributed by atoms with van der Waals surface area (Å²) < 4.78 is 4.82. The van der Waals surface area contributed by atoms with Crippen LogP contribution < -0.4 is 5.32 Å². The van der Waals surface area contributed by atoms with Crippen molar-refractivity contribution in [3.8, 4) is 0 Å². The van der Waals surface area contributed by atoms with Crippen LogP contribution in [0.15, 0.2) is 41.1 Å². The minimum absolute atomic E-state index is 0.0716. The van der Waals surface area contributed by atoms with Crippen LogP contribution in [0.4, 0.5) is 0 Å². The van der Waals surface area contributed by atoms with Crippen LogP contribution in [0, 0.1) is 0 Å². The molecule has 0 bridgehead atoms. The Morgan fingerprint density at radius 2 is 2.06 bits per heavy atom. The van der Waals surface area contributed by atoms with Crippen molar-refractivity contribution in [1.29, 1.82) is 0 Å². The van der Waals surface area contributed by atoms with Crippen LogP contribution in [0.5, 0.6) is 0 Å². The van der Waals surface area contributed by atoms with Crippen LogP contribution in [0.3, 0.4) is 0 Å². The molecule has 1 aromatic heterocycles. The number of hydrogen-bond donors (Lipinski definition) is 2. The van der Waals surface area contributed by atoms with Gasteiger partial charge in [0.1, 0.15) is 0 Å². The maximum atomic E-state index is 11.7. The number of carbonyl (C=O) groups is 2. The number of benzene rings is 1. The SMILES string of the molecule is O=C(O)c1cccc(C(=O)NCc2ccno2)c1. The second kappa shape index (κ2) is 5.13. The number of carboxylic acids is 1. The first kappa shape index (κ1) is 11.8. The first-order valence-corrected chi connectivity index (χ1v) is 5.18. The molecule has 2 aromatic rings. The highest BCUT2D eigenvalue weighted by Gasteiger charge is 2.09. The normalized spacial score (nSPS) is 10.0. The lowest BCUT2D eigenvalue weighted by Crippen LogP contribution is -2.22. The molecule has 0 saturated carbocycles. The third-order valence-corrected chi connectivity index (χ3v) is 2.29. The summed E-state index contributed by atoms with van der Waals surface area (Å²) in [6, 6.07) is 7.44. The fourth-order valence-corrected chi connectivity index (χ4v) is 1.40. The van der Waals surface area contributed by atoms with Gasteiger partial charge in [0.15, 0.2) is 5.76 Å². The summed E-state index contributed by atoms with van der Waals surface area (Å²) in [4.78, 5) is 22.5. The molecule has 0 spiro atoms. The number of aromatic carboxylic acids is 1. The van der Waals surface area contributed by atoms with E-state index in [-0.39, 0.29) is 23.6 Å². The van der Waals surface area contributed by atoms with Gasteiger partial charge in [-0.25, -0.2) is 4.79 Å². The number of hydrogen-bond acceptors (Lipinski definition) is 4. The minimum atomic E-state index is -1.07. The van der Waals surface area contributed by atoms with Gasteiger partial charge >= 0.3 is 5.97 Å². The molecule has 0 fully saturated rings. The monoisotopic (exact) mass is 246 g/mol. The predicted molar refractivity (Wildman–Crippen MR) is 61.1 cm³/mol. The Labute approximate surface area is 102 Å². The topological polar surface area (TPSA) is 92.4 Å². The zero-order valence-corrected chi connectivity index (χ0v) is 9.29. The van der Waals surface area contributed by atoms with E-state index in [1.54, 1.807) is 12.1 Å².